The lowest BCUT2D eigenvalue weighted by molar-refractivity contribution is -0.142. The third-order valence-electron chi connectivity index (χ3n) is 3.41. The maximum Gasteiger partial charge on any atom is 0.414 e. The van der Waals surface area contributed by atoms with Crippen LogP contribution in [0.2, 0.25) is 0 Å². The maximum atomic E-state index is 11.6. The van der Waals surface area contributed by atoms with Crippen LogP contribution in [0.3, 0.4) is 0 Å². The first-order chi connectivity index (χ1) is 8.93. The van der Waals surface area contributed by atoms with E-state index in [4.69, 9.17) is 4.74 Å². The number of carboxylic acid groups (broad SMARTS) is 1. The summed E-state index contributed by atoms with van der Waals surface area (Å²) in [5, 5.41) is 9.17. The molecule has 1 amide bonds. The van der Waals surface area contributed by atoms with Crippen LogP contribution >= 0.6 is 0 Å². The molecular weight excluding hydrogens is 246 g/mol. The normalized spacial score (nSPS) is 16.1. The molecule has 1 aliphatic rings. The summed E-state index contributed by atoms with van der Waals surface area (Å²) in [6, 6.07) is 7.00. The molecule has 0 aliphatic carbocycles. The van der Waals surface area contributed by atoms with Crippen molar-refractivity contribution in [1.29, 1.82) is 0 Å². The van der Waals surface area contributed by atoms with Crippen molar-refractivity contribution in [2.24, 2.45) is 0 Å². The largest absolute Gasteiger partial charge is 0.481 e. The zero-order valence-corrected chi connectivity index (χ0v) is 11.0. The number of amides is 1. The minimum atomic E-state index is -0.944. The standard InChI is InChI=1S/C14H17NO4/c1-14(2,12(16)17)10-4-6-11(7-5-10)15-8-3-9-19-13(15)18/h4-7H,3,8-9H2,1-2H3,(H,16,17). The number of nitrogens with zero attached hydrogens (tertiary/aromatic N) is 1. The van der Waals surface area contributed by atoms with Gasteiger partial charge < -0.3 is 9.84 Å². The average molecular weight is 263 g/mol. The SMILES string of the molecule is CC(C)(C(=O)O)c1ccc(N2CCCOC2=O)cc1. The van der Waals surface area contributed by atoms with Gasteiger partial charge in [-0.1, -0.05) is 12.1 Å². The lowest BCUT2D eigenvalue weighted by Gasteiger charge is -2.27. The molecule has 0 saturated carbocycles. The van der Waals surface area contributed by atoms with Crippen molar-refractivity contribution in [2.75, 3.05) is 18.1 Å². The van der Waals surface area contributed by atoms with E-state index in [2.05, 4.69) is 0 Å². The molecule has 0 aromatic heterocycles. The van der Waals surface area contributed by atoms with Crippen LogP contribution in [0.5, 0.6) is 0 Å². The number of carboxylic acids is 1. The highest BCUT2D eigenvalue weighted by Gasteiger charge is 2.29. The Morgan fingerprint density at radius 3 is 2.47 bits per heavy atom. The third kappa shape index (κ3) is 2.54. The van der Waals surface area contributed by atoms with Gasteiger partial charge in [-0.05, 0) is 38.0 Å². The molecule has 1 aromatic carbocycles. The second kappa shape index (κ2) is 4.91. The summed E-state index contributed by atoms with van der Waals surface area (Å²) in [6.45, 7) is 4.39. The molecule has 1 aliphatic heterocycles. The fourth-order valence-corrected chi connectivity index (χ4v) is 1.97. The molecule has 0 bridgehead atoms. The van der Waals surface area contributed by atoms with Crippen LogP contribution in [0, 0.1) is 0 Å². The van der Waals surface area contributed by atoms with Crippen molar-refractivity contribution in [2.45, 2.75) is 25.7 Å². The van der Waals surface area contributed by atoms with E-state index in [1.807, 2.05) is 0 Å². The summed E-state index contributed by atoms with van der Waals surface area (Å²) in [6.07, 6.45) is 0.449. The number of ether oxygens (including phenoxy) is 1. The Balaban J connectivity index is 2.23. The van der Waals surface area contributed by atoms with Gasteiger partial charge in [0.25, 0.3) is 0 Å². The molecular formula is C14H17NO4. The molecule has 2 rings (SSSR count). The van der Waals surface area contributed by atoms with Gasteiger partial charge in [0.05, 0.1) is 12.0 Å². The Kier molecular flexibility index (Phi) is 3.46. The lowest BCUT2D eigenvalue weighted by atomic mass is 9.85. The van der Waals surface area contributed by atoms with Gasteiger partial charge in [-0.2, -0.15) is 0 Å². The highest BCUT2D eigenvalue weighted by molar-refractivity contribution is 5.88. The molecule has 0 spiro atoms. The Morgan fingerprint density at radius 1 is 1.32 bits per heavy atom. The summed E-state index contributed by atoms with van der Waals surface area (Å²) in [5.74, 6) is -0.877. The number of anilines is 1. The van der Waals surface area contributed by atoms with Crippen molar-refractivity contribution in [3.05, 3.63) is 29.8 Å². The minimum Gasteiger partial charge on any atom is -0.481 e. The summed E-state index contributed by atoms with van der Waals surface area (Å²) in [4.78, 5) is 24.3. The molecule has 0 unspecified atom stereocenters. The zero-order valence-electron chi connectivity index (χ0n) is 11.0. The van der Waals surface area contributed by atoms with Gasteiger partial charge in [-0.3, -0.25) is 9.69 Å². The predicted molar refractivity (Wildman–Crippen MR) is 70.4 cm³/mol. The van der Waals surface area contributed by atoms with Gasteiger partial charge >= 0.3 is 12.1 Å². The van der Waals surface area contributed by atoms with Crippen LogP contribution < -0.4 is 4.90 Å². The molecule has 1 fully saturated rings. The first-order valence-electron chi connectivity index (χ1n) is 6.21. The summed E-state index contributed by atoms with van der Waals surface area (Å²) in [7, 11) is 0. The Labute approximate surface area is 111 Å². The topological polar surface area (TPSA) is 66.8 Å². The molecule has 5 heteroatoms. The van der Waals surface area contributed by atoms with Gasteiger partial charge in [0.2, 0.25) is 0 Å². The average Bonchev–Trinajstić information content (AvgIpc) is 2.39. The van der Waals surface area contributed by atoms with E-state index < -0.39 is 11.4 Å². The van der Waals surface area contributed by atoms with Gasteiger partial charge in [0.15, 0.2) is 0 Å². The fraction of sp³-hybridized carbons (Fsp3) is 0.429. The zero-order chi connectivity index (χ0) is 14.0. The summed E-state index contributed by atoms with van der Waals surface area (Å²) in [5.41, 5.74) is 0.491. The van der Waals surface area contributed by atoms with Crippen LogP contribution in [-0.2, 0) is 14.9 Å². The van der Waals surface area contributed by atoms with E-state index in [1.54, 1.807) is 43.0 Å². The first-order valence-corrected chi connectivity index (χ1v) is 6.21. The van der Waals surface area contributed by atoms with E-state index in [-0.39, 0.29) is 6.09 Å². The Morgan fingerprint density at radius 2 is 1.95 bits per heavy atom. The first kappa shape index (κ1) is 13.4. The highest BCUT2D eigenvalue weighted by atomic mass is 16.6. The molecule has 1 N–H and O–H groups in total. The number of hydrogen-bond donors (Lipinski definition) is 1. The van der Waals surface area contributed by atoms with E-state index in [0.717, 1.165) is 12.1 Å². The number of benzene rings is 1. The lowest BCUT2D eigenvalue weighted by Crippen LogP contribution is -2.37. The van der Waals surface area contributed by atoms with Gasteiger partial charge in [0.1, 0.15) is 0 Å². The van der Waals surface area contributed by atoms with Crippen molar-refractivity contribution in [3.8, 4) is 0 Å². The molecule has 0 atom stereocenters. The quantitative estimate of drug-likeness (QED) is 0.909. The minimum absolute atomic E-state index is 0.350. The van der Waals surface area contributed by atoms with Crippen molar-refractivity contribution >= 4 is 17.7 Å². The predicted octanol–water partition coefficient (Wildman–Crippen LogP) is 2.40. The van der Waals surface area contributed by atoms with Crippen molar-refractivity contribution < 1.29 is 19.4 Å². The fourth-order valence-electron chi connectivity index (χ4n) is 1.97. The van der Waals surface area contributed by atoms with E-state index in [0.29, 0.717) is 18.7 Å². The second-order valence-corrected chi connectivity index (χ2v) is 5.10. The third-order valence-corrected chi connectivity index (χ3v) is 3.41. The van der Waals surface area contributed by atoms with Gasteiger partial charge in [0, 0.05) is 12.2 Å². The van der Waals surface area contributed by atoms with Crippen LogP contribution in [0.25, 0.3) is 0 Å². The summed E-state index contributed by atoms with van der Waals surface area (Å²) < 4.78 is 4.97. The molecule has 5 nitrogen and oxygen atoms in total. The molecule has 1 aromatic rings. The smallest absolute Gasteiger partial charge is 0.414 e. The Bertz CT molecular complexity index is 493. The number of aliphatic carboxylic acids is 1. The van der Waals surface area contributed by atoms with Crippen molar-refractivity contribution in [1.82, 2.24) is 0 Å². The van der Waals surface area contributed by atoms with E-state index >= 15 is 0 Å². The summed E-state index contributed by atoms with van der Waals surface area (Å²) >= 11 is 0. The van der Waals surface area contributed by atoms with Crippen molar-refractivity contribution in [3.63, 3.8) is 0 Å². The maximum absolute atomic E-state index is 11.6. The van der Waals surface area contributed by atoms with Crippen LogP contribution in [0.1, 0.15) is 25.8 Å². The second-order valence-electron chi connectivity index (χ2n) is 5.10. The number of carbonyl (C=O) groups excluding carboxylic acids is 1. The molecule has 19 heavy (non-hydrogen) atoms. The molecule has 1 saturated heterocycles. The van der Waals surface area contributed by atoms with Gasteiger partial charge in [-0.25, -0.2) is 4.79 Å². The van der Waals surface area contributed by atoms with E-state index in [9.17, 15) is 14.7 Å². The van der Waals surface area contributed by atoms with E-state index in [1.165, 1.54) is 0 Å². The number of hydrogen-bond acceptors (Lipinski definition) is 3. The number of rotatable bonds is 3. The van der Waals surface area contributed by atoms with Crippen LogP contribution in [0.4, 0.5) is 10.5 Å². The van der Waals surface area contributed by atoms with Crippen LogP contribution in [0.15, 0.2) is 24.3 Å². The van der Waals surface area contributed by atoms with Gasteiger partial charge in [-0.15, -0.1) is 0 Å². The number of cyclic esters (lactones) is 1. The molecule has 1 heterocycles. The Hall–Kier alpha value is -2.04. The highest BCUT2D eigenvalue weighted by Crippen LogP contribution is 2.26. The van der Waals surface area contributed by atoms with Crippen LogP contribution in [-0.4, -0.2) is 30.3 Å². The molecule has 102 valence electrons. The monoisotopic (exact) mass is 263 g/mol. The molecule has 0 radical (unpaired) electrons. The number of carbonyl (C=O) groups is 2.